The largest absolute Gasteiger partial charge is 0.417 e. The standard InChI is InChI=1S/C12H17N3O3/c1-3-12(2,6-16)15-8-5-9-10(4-7(8)13)18-11(17)14-9/h4-5,15-16H,3,6,13H2,1-2H3,(H,14,17). The summed E-state index contributed by atoms with van der Waals surface area (Å²) in [5.74, 6) is -0.512. The number of hydrogen-bond acceptors (Lipinski definition) is 5. The van der Waals surface area contributed by atoms with Crippen molar-refractivity contribution in [3.05, 3.63) is 22.7 Å². The van der Waals surface area contributed by atoms with E-state index in [9.17, 15) is 9.90 Å². The number of fused-ring (bicyclic) bond motifs is 1. The number of hydrogen-bond donors (Lipinski definition) is 4. The Labute approximate surface area is 104 Å². The molecule has 18 heavy (non-hydrogen) atoms. The molecule has 1 atom stereocenters. The maximum Gasteiger partial charge on any atom is 0.417 e. The van der Waals surface area contributed by atoms with Gasteiger partial charge < -0.3 is 20.6 Å². The van der Waals surface area contributed by atoms with Gasteiger partial charge in [-0.25, -0.2) is 4.79 Å². The molecule has 6 heteroatoms. The summed E-state index contributed by atoms with van der Waals surface area (Å²) in [7, 11) is 0. The summed E-state index contributed by atoms with van der Waals surface area (Å²) in [4.78, 5) is 13.7. The van der Waals surface area contributed by atoms with Crippen LogP contribution in [0.5, 0.6) is 0 Å². The molecule has 0 spiro atoms. The van der Waals surface area contributed by atoms with Crippen LogP contribution >= 0.6 is 0 Å². The lowest BCUT2D eigenvalue weighted by Gasteiger charge is -2.29. The normalized spacial score (nSPS) is 14.6. The summed E-state index contributed by atoms with van der Waals surface area (Å²) in [5, 5.41) is 12.6. The number of aromatic amines is 1. The quantitative estimate of drug-likeness (QED) is 0.613. The van der Waals surface area contributed by atoms with Crippen molar-refractivity contribution in [2.75, 3.05) is 17.7 Å². The maximum absolute atomic E-state index is 11.1. The molecule has 2 aromatic rings. The van der Waals surface area contributed by atoms with Gasteiger partial charge in [0.15, 0.2) is 5.58 Å². The Bertz CT molecular complexity index is 611. The molecule has 0 saturated carbocycles. The van der Waals surface area contributed by atoms with Crippen molar-refractivity contribution in [1.29, 1.82) is 0 Å². The summed E-state index contributed by atoms with van der Waals surface area (Å²) in [6.07, 6.45) is 0.739. The van der Waals surface area contributed by atoms with Crippen LogP contribution < -0.4 is 16.8 Å². The van der Waals surface area contributed by atoms with E-state index >= 15 is 0 Å². The summed E-state index contributed by atoms with van der Waals surface area (Å²) < 4.78 is 4.92. The minimum absolute atomic E-state index is 0.0110. The Hall–Kier alpha value is -1.95. The van der Waals surface area contributed by atoms with Gasteiger partial charge in [-0.3, -0.25) is 4.98 Å². The second-order valence-electron chi connectivity index (χ2n) is 4.65. The molecular weight excluding hydrogens is 234 g/mol. The lowest BCUT2D eigenvalue weighted by atomic mass is 9.99. The van der Waals surface area contributed by atoms with Gasteiger partial charge in [-0.15, -0.1) is 0 Å². The average Bonchev–Trinajstić information content (AvgIpc) is 2.68. The first-order chi connectivity index (χ1) is 8.47. The third-order valence-electron chi connectivity index (χ3n) is 3.16. The van der Waals surface area contributed by atoms with Crippen molar-refractivity contribution in [3.63, 3.8) is 0 Å². The highest BCUT2D eigenvalue weighted by Crippen LogP contribution is 2.27. The smallest absolute Gasteiger partial charge is 0.408 e. The van der Waals surface area contributed by atoms with Gasteiger partial charge in [0.05, 0.1) is 29.0 Å². The maximum atomic E-state index is 11.1. The van der Waals surface area contributed by atoms with Crippen LogP contribution in [-0.2, 0) is 0 Å². The van der Waals surface area contributed by atoms with Crippen molar-refractivity contribution in [2.24, 2.45) is 0 Å². The van der Waals surface area contributed by atoms with Crippen LogP contribution in [0.15, 0.2) is 21.3 Å². The molecule has 0 amide bonds. The molecule has 1 aromatic carbocycles. The van der Waals surface area contributed by atoms with E-state index in [0.717, 1.165) is 6.42 Å². The molecule has 0 aliphatic carbocycles. The van der Waals surface area contributed by atoms with E-state index in [4.69, 9.17) is 10.2 Å². The van der Waals surface area contributed by atoms with Crippen LogP contribution in [0.1, 0.15) is 20.3 Å². The molecule has 0 bridgehead atoms. The SMILES string of the molecule is CCC(C)(CO)Nc1cc2[nH]c(=O)oc2cc1N. The number of nitrogen functional groups attached to an aromatic ring is 1. The Morgan fingerprint density at radius 1 is 1.56 bits per heavy atom. The molecule has 98 valence electrons. The predicted octanol–water partition coefficient (Wildman–Crippen LogP) is 1.28. The fourth-order valence-corrected chi connectivity index (χ4v) is 1.69. The van der Waals surface area contributed by atoms with Gasteiger partial charge in [-0.1, -0.05) is 6.92 Å². The van der Waals surface area contributed by atoms with E-state index in [1.807, 2.05) is 13.8 Å². The van der Waals surface area contributed by atoms with Gasteiger partial charge in [0.25, 0.3) is 0 Å². The minimum atomic E-state index is -0.512. The zero-order chi connectivity index (χ0) is 13.3. The van der Waals surface area contributed by atoms with Crippen LogP contribution in [0.2, 0.25) is 0 Å². The van der Waals surface area contributed by atoms with Crippen LogP contribution in [0.25, 0.3) is 11.1 Å². The molecule has 1 heterocycles. The summed E-state index contributed by atoms with van der Waals surface area (Å²) >= 11 is 0. The van der Waals surface area contributed by atoms with Crippen molar-refractivity contribution >= 4 is 22.5 Å². The molecule has 6 nitrogen and oxygen atoms in total. The molecule has 0 radical (unpaired) electrons. The van der Waals surface area contributed by atoms with Crippen LogP contribution in [0, 0.1) is 0 Å². The number of nitrogens with two attached hydrogens (primary N) is 1. The Balaban J connectivity index is 2.44. The second-order valence-corrected chi connectivity index (χ2v) is 4.65. The molecular formula is C12H17N3O3. The molecule has 0 saturated heterocycles. The Morgan fingerprint density at radius 2 is 2.28 bits per heavy atom. The number of nitrogens with one attached hydrogen (secondary N) is 2. The van der Waals surface area contributed by atoms with Crippen LogP contribution in [-0.4, -0.2) is 22.2 Å². The van der Waals surface area contributed by atoms with Gasteiger partial charge in [0.2, 0.25) is 0 Å². The fourth-order valence-electron chi connectivity index (χ4n) is 1.69. The molecule has 2 rings (SSSR count). The highest BCUT2D eigenvalue weighted by atomic mass is 16.4. The van der Waals surface area contributed by atoms with Gasteiger partial charge in [-0.05, 0) is 19.4 Å². The zero-order valence-corrected chi connectivity index (χ0v) is 10.4. The summed E-state index contributed by atoms with van der Waals surface area (Å²) in [6, 6.07) is 3.29. The average molecular weight is 251 g/mol. The van der Waals surface area contributed by atoms with Crippen molar-refractivity contribution in [3.8, 4) is 0 Å². The third kappa shape index (κ3) is 2.19. The number of aromatic nitrogens is 1. The van der Waals surface area contributed by atoms with E-state index in [1.54, 1.807) is 12.1 Å². The van der Waals surface area contributed by atoms with E-state index in [-0.39, 0.29) is 6.61 Å². The summed E-state index contributed by atoms with van der Waals surface area (Å²) in [5.41, 5.74) is 7.57. The van der Waals surface area contributed by atoms with E-state index in [0.29, 0.717) is 22.5 Å². The van der Waals surface area contributed by atoms with Crippen LogP contribution in [0.3, 0.4) is 0 Å². The molecule has 0 aliphatic rings. The van der Waals surface area contributed by atoms with Gasteiger partial charge in [0.1, 0.15) is 0 Å². The molecule has 0 aliphatic heterocycles. The Morgan fingerprint density at radius 3 is 2.89 bits per heavy atom. The second kappa shape index (κ2) is 4.38. The van der Waals surface area contributed by atoms with E-state index in [1.165, 1.54) is 0 Å². The lowest BCUT2D eigenvalue weighted by Crippen LogP contribution is -2.38. The highest BCUT2D eigenvalue weighted by molar-refractivity contribution is 5.85. The Kier molecular flexibility index (Phi) is 3.04. The number of benzene rings is 1. The lowest BCUT2D eigenvalue weighted by molar-refractivity contribution is 0.219. The van der Waals surface area contributed by atoms with Gasteiger partial charge in [-0.2, -0.15) is 0 Å². The first-order valence-electron chi connectivity index (χ1n) is 5.79. The van der Waals surface area contributed by atoms with Crippen LogP contribution in [0.4, 0.5) is 11.4 Å². The number of aliphatic hydroxyl groups excluding tert-OH is 1. The number of aliphatic hydroxyl groups is 1. The molecule has 0 fully saturated rings. The van der Waals surface area contributed by atoms with E-state index < -0.39 is 11.3 Å². The minimum Gasteiger partial charge on any atom is -0.408 e. The molecule has 5 N–H and O–H groups in total. The molecule has 1 aromatic heterocycles. The number of H-pyrrole nitrogens is 1. The fraction of sp³-hybridized carbons (Fsp3) is 0.417. The van der Waals surface area contributed by atoms with Crippen molar-refractivity contribution in [2.45, 2.75) is 25.8 Å². The zero-order valence-electron chi connectivity index (χ0n) is 10.4. The van der Waals surface area contributed by atoms with Crippen molar-refractivity contribution in [1.82, 2.24) is 4.98 Å². The predicted molar refractivity (Wildman–Crippen MR) is 70.7 cm³/mol. The number of anilines is 2. The first-order valence-corrected chi connectivity index (χ1v) is 5.79. The number of rotatable bonds is 4. The summed E-state index contributed by atoms with van der Waals surface area (Å²) in [6.45, 7) is 3.86. The highest BCUT2D eigenvalue weighted by Gasteiger charge is 2.21. The monoisotopic (exact) mass is 251 g/mol. The van der Waals surface area contributed by atoms with Gasteiger partial charge >= 0.3 is 5.76 Å². The molecule has 1 unspecified atom stereocenters. The number of oxazole rings is 1. The first kappa shape index (κ1) is 12.5. The van der Waals surface area contributed by atoms with Gasteiger partial charge in [0, 0.05) is 6.07 Å². The topological polar surface area (TPSA) is 104 Å². The van der Waals surface area contributed by atoms with E-state index in [2.05, 4.69) is 10.3 Å². The van der Waals surface area contributed by atoms with Crippen molar-refractivity contribution < 1.29 is 9.52 Å². The third-order valence-corrected chi connectivity index (χ3v) is 3.16.